The Labute approximate surface area is 123 Å². The SMILES string of the molecule is CCn1cc(CC(=O)N2CCCC(c3ncc[nH]3)C2)nn1. The minimum atomic E-state index is 0.120. The van der Waals surface area contributed by atoms with E-state index in [9.17, 15) is 4.79 Å². The van der Waals surface area contributed by atoms with Gasteiger partial charge in [-0.3, -0.25) is 9.48 Å². The Balaban J connectivity index is 1.61. The first-order valence-corrected chi connectivity index (χ1v) is 7.42. The smallest absolute Gasteiger partial charge is 0.228 e. The van der Waals surface area contributed by atoms with Crippen LogP contribution in [0.1, 0.15) is 37.2 Å². The number of amides is 1. The number of likely N-dealkylation sites (tertiary alicyclic amines) is 1. The number of nitrogens with one attached hydrogen (secondary N) is 1. The van der Waals surface area contributed by atoms with Crippen molar-refractivity contribution in [3.8, 4) is 0 Å². The number of rotatable bonds is 4. The van der Waals surface area contributed by atoms with Crippen LogP contribution in [0.2, 0.25) is 0 Å². The summed E-state index contributed by atoms with van der Waals surface area (Å²) < 4.78 is 1.74. The van der Waals surface area contributed by atoms with Gasteiger partial charge in [0.25, 0.3) is 0 Å². The molecule has 112 valence electrons. The maximum atomic E-state index is 12.4. The van der Waals surface area contributed by atoms with E-state index in [1.807, 2.05) is 24.2 Å². The van der Waals surface area contributed by atoms with Gasteiger partial charge in [0, 0.05) is 44.1 Å². The molecule has 0 bridgehead atoms. The van der Waals surface area contributed by atoms with E-state index in [0.29, 0.717) is 12.3 Å². The number of aromatic nitrogens is 5. The van der Waals surface area contributed by atoms with Gasteiger partial charge in [-0.1, -0.05) is 5.21 Å². The van der Waals surface area contributed by atoms with E-state index in [1.165, 1.54) is 0 Å². The summed E-state index contributed by atoms with van der Waals surface area (Å²) in [6.45, 7) is 4.32. The van der Waals surface area contributed by atoms with Crippen molar-refractivity contribution in [1.82, 2.24) is 29.9 Å². The van der Waals surface area contributed by atoms with Crippen LogP contribution in [0.25, 0.3) is 0 Å². The van der Waals surface area contributed by atoms with Gasteiger partial charge in [-0.15, -0.1) is 5.10 Å². The van der Waals surface area contributed by atoms with E-state index >= 15 is 0 Å². The van der Waals surface area contributed by atoms with E-state index < -0.39 is 0 Å². The Kier molecular flexibility index (Phi) is 3.98. The number of carbonyl (C=O) groups excluding carboxylic acids is 1. The molecular formula is C14H20N6O. The van der Waals surface area contributed by atoms with Crippen molar-refractivity contribution in [3.05, 3.63) is 30.1 Å². The van der Waals surface area contributed by atoms with E-state index in [-0.39, 0.29) is 5.91 Å². The monoisotopic (exact) mass is 288 g/mol. The molecule has 0 aliphatic carbocycles. The van der Waals surface area contributed by atoms with Crippen LogP contribution < -0.4 is 0 Å². The van der Waals surface area contributed by atoms with Crippen molar-refractivity contribution in [2.24, 2.45) is 0 Å². The Morgan fingerprint density at radius 1 is 1.52 bits per heavy atom. The largest absolute Gasteiger partial charge is 0.348 e. The number of hydrogen-bond donors (Lipinski definition) is 1. The summed E-state index contributed by atoms with van der Waals surface area (Å²) in [5.41, 5.74) is 0.738. The van der Waals surface area contributed by atoms with Crippen LogP contribution in [-0.2, 0) is 17.8 Å². The number of piperidine rings is 1. The molecule has 1 atom stereocenters. The van der Waals surface area contributed by atoms with Gasteiger partial charge < -0.3 is 9.88 Å². The van der Waals surface area contributed by atoms with Gasteiger partial charge in [0.1, 0.15) is 5.82 Å². The van der Waals surface area contributed by atoms with Crippen molar-refractivity contribution >= 4 is 5.91 Å². The molecule has 3 rings (SSSR count). The molecule has 7 heteroatoms. The van der Waals surface area contributed by atoms with Gasteiger partial charge in [-0.05, 0) is 19.8 Å². The zero-order chi connectivity index (χ0) is 14.7. The third kappa shape index (κ3) is 3.12. The summed E-state index contributed by atoms with van der Waals surface area (Å²) in [7, 11) is 0. The third-order valence-corrected chi connectivity index (χ3v) is 3.92. The number of imidazole rings is 1. The molecule has 1 aliphatic heterocycles. The molecule has 1 fully saturated rings. The fourth-order valence-electron chi connectivity index (χ4n) is 2.77. The summed E-state index contributed by atoms with van der Waals surface area (Å²) in [6.07, 6.45) is 7.84. The van der Waals surface area contributed by atoms with E-state index in [4.69, 9.17) is 0 Å². The van der Waals surface area contributed by atoms with Crippen molar-refractivity contribution in [2.75, 3.05) is 13.1 Å². The number of hydrogen-bond acceptors (Lipinski definition) is 4. The summed E-state index contributed by atoms with van der Waals surface area (Å²) in [5.74, 6) is 1.41. The predicted molar refractivity (Wildman–Crippen MR) is 76.5 cm³/mol. The Morgan fingerprint density at radius 3 is 3.14 bits per heavy atom. The third-order valence-electron chi connectivity index (χ3n) is 3.92. The molecule has 2 aromatic heterocycles. The molecule has 1 aliphatic rings. The summed E-state index contributed by atoms with van der Waals surface area (Å²) in [6, 6.07) is 0. The minimum absolute atomic E-state index is 0.120. The van der Waals surface area contributed by atoms with Crippen LogP contribution in [0.15, 0.2) is 18.6 Å². The minimum Gasteiger partial charge on any atom is -0.348 e. The molecule has 21 heavy (non-hydrogen) atoms. The van der Waals surface area contributed by atoms with E-state index in [2.05, 4.69) is 20.3 Å². The average Bonchev–Trinajstić information content (AvgIpc) is 3.18. The van der Waals surface area contributed by atoms with Crippen LogP contribution >= 0.6 is 0 Å². The molecule has 0 spiro atoms. The number of carbonyl (C=O) groups is 1. The second-order valence-electron chi connectivity index (χ2n) is 5.40. The quantitative estimate of drug-likeness (QED) is 0.909. The van der Waals surface area contributed by atoms with Crippen LogP contribution in [0.4, 0.5) is 0 Å². The fraction of sp³-hybridized carbons (Fsp3) is 0.571. The first-order valence-electron chi connectivity index (χ1n) is 7.42. The zero-order valence-electron chi connectivity index (χ0n) is 12.2. The summed E-state index contributed by atoms with van der Waals surface area (Å²) in [5, 5.41) is 8.01. The topological polar surface area (TPSA) is 79.7 Å². The predicted octanol–water partition coefficient (Wildman–Crippen LogP) is 0.970. The van der Waals surface area contributed by atoms with Gasteiger partial charge >= 0.3 is 0 Å². The Bertz CT molecular complexity index is 590. The van der Waals surface area contributed by atoms with Crippen LogP contribution in [0, 0.1) is 0 Å². The molecule has 1 amide bonds. The molecule has 1 unspecified atom stereocenters. The molecule has 3 heterocycles. The van der Waals surface area contributed by atoms with Gasteiger partial charge in [-0.2, -0.15) is 0 Å². The lowest BCUT2D eigenvalue weighted by Gasteiger charge is -2.31. The lowest BCUT2D eigenvalue weighted by Crippen LogP contribution is -2.40. The van der Waals surface area contributed by atoms with Crippen molar-refractivity contribution in [1.29, 1.82) is 0 Å². The van der Waals surface area contributed by atoms with Crippen molar-refractivity contribution in [2.45, 2.75) is 38.6 Å². The maximum absolute atomic E-state index is 12.4. The Hall–Kier alpha value is -2.18. The highest BCUT2D eigenvalue weighted by Crippen LogP contribution is 2.24. The molecule has 1 N–H and O–H groups in total. The molecule has 0 saturated carbocycles. The first kappa shape index (κ1) is 13.8. The number of H-pyrrole nitrogens is 1. The summed E-state index contributed by atoms with van der Waals surface area (Å²) >= 11 is 0. The normalized spacial score (nSPS) is 18.9. The number of nitrogens with zero attached hydrogens (tertiary/aromatic N) is 5. The van der Waals surface area contributed by atoms with Gasteiger partial charge in [-0.25, -0.2) is 4.98 Å². The standard InChI is InChI=1S/C14H20N6O/c1-2-20-10-12(17-18-20)8-13(21)19-7-3-4-11(9-19)14-15-5-6-16-14/h5-6,10-11H,2-4,7-9H2,1H3,(H,15,16). The van der Waals surface area contributed by atoms with Gasteiger partial charge in [0.05, 0.1) is 12.1 Å². The zero-order valence-corrected chi connectivity index (χ0v) is 12.2. The highest BCUT2D eigenvalue weighted by Gasteiger charge is 2.26. The highest BCUT2D eigenvalue weighted by atomic mass is 16.2. The Morgan fingerprint density at radius 2 is 2.43 bits per heavy atom. The lowest BCUT2D eigenvalue weighted by molar-refractivity contribution is -0.131. The van der Waals surface area contributed by atoms with E-state index in [0.717, 1.165) is 44.0 Å². The molecular weight excluding hydrogens is 268 g/mol. The van der Waals surface area contributed by atoms with Crippen molar-refractivity contribution in [3.63, 3.8) is 0 Å². The summed E-state index contributed by atoms with van der Waals surface area (Å²) in [4.78, 5) is 21.8. The number of aryl methyl sites for hydroxylation is 1. The molecule has 0 aromatic carbocycles. The van der Waals surface area contributed by atoms with Crippen LogP contribution in [0.3, 0.4) is 0 Å². The molecule has 7 nitrogen and oxygen atoms in total. The average molecular weight is 288 g/mol. The van der Waals surface area contributed by atoms with Gasteiger partial charge in [0.2, 0.25) is 5.91 Å². The van der Waals surface area contributed by atoms with Gasteiger partial charge in [0.15, 0.2) is 0 Å². The van der Waals surface area contributed by atoms with Crippen LogP contribution in [0.5, 0.6) is 0 Å². The molecule has 1 saturated heterocycles. The van der Waals surface area contributed by atoms with E-state index in [1.54, 1.807) is 10.9 Å². The second kappa shape index (κ2) is 6.07. The lowest BCUT2D eigenvalue weighted by atomic mass is 9.97. The maximum Gasteiger partial charge on any atom is 0.228 e. The van der Waals surface area contributed by atoms with Crippen LogP contribution in [-0.4, -0.2) is 48.9 Å². The number of aromatic amines is 1. The highest BCUT2D eigenvalue weighted by molar-refractivity contribution is 5.78. The van der Waals surface area contributed by atoms with Crippen molar-refractivity contribution < 1.29 is 4.79 Å². The fourth-order valence-corrected chi connectivity index (χ4v) is 2.77. The molecule has 2 aromatic rings. The first-order chi connectivity index (χ1) is 10.3. The molecule has 0 radical (unpaired) electrons. The second-order valence-corrected chi connectivity index (χ2v) is 5.40.